The molecule has 2 aromatic carbocycles. The molecule has 2 aromatic rings. The van der Waals surface area contributed by atoms with Gasteiger partial charge in [0, 0.05) is 0 Å². The first-order valence-corrected chi connectivity index (χ1v) is 14.3. The predicted octanol–water partition coefficient (Wildman–Crippen LogP) is 5.94. The summed E-state index contributed by atoms with van der Waals surface area (Å²) in [5.74, 6) is -0.527. The van der Waals surface area contributed by atoms with E-state index in [0.29, 0.717) is 22.0 Å². The molecule has 2 rings (SSSR count). The van der Waals surface area contributed by atoms with Gasteiger partial charge in [-0.25, -0.2) is 4.79 Å². The molecule has 0 aliphatic carbocycles. The SMILES string of the molecule is CSCCC(NC(=O)OC(C)(C)C)C(=O)N(CC#N)C(C(=O)Nc1c(C)cccc1Cl)c1ccc(C)cc1C. The number of carbonyl (C=O) groups is 3. The number of anilines is 1. The molecule has 0 heterocycles. The van der Waals surface area contributed by atoms with Crippen LogP contribution in [0, 0.1) is 32.1 Å². The van der Waals surface area contributed by atoms with E-state index >= 15 is 0 Å². The molecule has 2 N–H and O–H groups in total. The summed E-state index contributed by atoms with van der Waals surface area (Å²) in [6.07, 6.45) is 1.42. The highest BCUT2D eigenvalue weighted by molar-refractivity contribution is 7.98. The molecule has 0 bridgehead atoms. The molecule has 0 fully saturated rings. The van der Waals surface area contributed by atoms with Crippen molar-refractivity contribution in [2.24, 2.45) is 0 Å². The van der Waals surface area contributed by atoms with Gasteiger partial charge in [-0.3, -0.25) is 9.59 Å². The maximum atomic E-state index is 14.0. The molecule has 0 saturated heterocycles. The molecular formula is C29H37ClN4O4S. The van der Waals surface area contributed by atoms with Crippen LogP contribution in [0.4, 0.5) is 10.5 Å². The van der Waals surface area contributed by atoms with E-state index < -0.39 is 35.6 Å². The Morgan fingerprint density at radius 3 is 2.38 bits per heavy atom. The van der Waals surface area contributed by atoms with Gasteiger partial charge in [-0.05, 0) is 82.7 Å². The van der Waals surface area contributed by atoms with E-state index in [1.54, 1.807) is 39.0 Å². The van der Waals surface area contributed by atoms with Crippen LogP contribution in [0.5, 0.6) is 0 Å². The molecule has 0 aliphatic heterocycles. The third kappa shape index (κ3) is 9.19. The van der Waals surface area contributed by atoms with Crippen LogP contribution in [0.15, 0.2) is 36.4 Å². The highest BCUT2D eigenvalue weighted by atomic mass is 35.5. The molecule has 3 amide bonds. The van der Waals surface area contributed by atoms with Crippen LogP contribution < -0.4 is 10.6 Å². The van der Waals surface area contributed by atoms with Crippen molar-refractivity contribution in [2.75, 3.05) is 23.9 Å². The number of carbonyl (C=O) groups excluding carboxylic acids is 3. The maximum Gasteiger partial charge on any atom is 0.408 e. The Morgan fingerprint density at radius 2 is 1.82 bits per heavy atom. The Hall–Kier alpha value is -3.22. The Kier molecular flexibility index (Phi) is 11.7. The van der Waals surface area contributed by atoms with Gasteiger partial charge in [-0.15, -0.1) is 0 Å². The number of ether oxygens (including phenoxy) is 1. The number of nitrogens with zero attached hydrogens (tertiary/aromatic N) is 2. The average Bonchev–Trinajstić information content (AvgIpc) is 2.83. The number of aryl methyl sites for hydroxylation is 3. The zero-order chi connectivity index (χ0) is 29.3. The van der Waals surface area contributed by atoms with E-state index in [1.807, 2.05) is 51.3 Å². The summed E-state index contributed by atoms with van der Waals surface area (Å²) in [6, 6.07) is 10.7. The normalized spacial score (nSPS) is 12.6. The number of nitrogens with one attached hydrogen (secondary N) is 2. The lowest BCUT2D eigenvalue weighted by molar-refractivity contribution is -0.140. The first kappa shape index (κ1) is 32.0. The number of hydrogen-bond donors (Lipinski definition) is 2. The minimum absolute atomic E-state index is 0.284. The standard InChI is InChI=1S/C29H37ClN4O4S/c1-18-11-12-21(20(3)17-18)25(26(35)33-24-19(2)9-8-10-22(24)30)34(15-14-31)27(36)23(13-16-39-7)32-28(37)38-29(4,5)6/h8-12,17,23,25H,13,15-16H2,1-7H3,(H,32,37)(H,33,35). The van der Waals surface area contributed by atoms with Crippen LogP contribution in [-0.4, -0.2) is 53.0 Å². The summed E-state index contributed by atoms with van der Waals surface area (Å²) in [7, 11) is 0. The lowest BCUT2D eigenvalue weighted by atomic mass is 9.96. The van der Waals surface area contributed by atoms with Crippen molar-refractivity contribution in [1.29, 1.82) is 5.26 Å². The van der Waals surface area contributed by atoms with Crippen molar-refractivity contribution in [3.8, 4) is 6.07 Å². The first-order valence-electron chi connectivity index (χ1n) is 12.6. The van der Waals surface area contributed by atoms with E-state index in [1.165, 1.54) is 16.7 Å². The van der Waals surface area contributed by atoms with Gasteiger partial charge in [0.1, 0.15) is 24.2 Å². The van der Waals surface area contributed by atoms with Gasteiger partial charge < -0.3 is 20.3 Å². The molecular weight excluding hydrogens is 536 g/mol. The van der Waals surface area contributed by atoms with E-state index in [0.717, 1.165) is 16.7 Å². The van der Waals surface area contributed by atoms with Crippen LogP contribution in [0.25, 0.3) is 0 Å². The third-order valence-electron chi connectivity index (χ3n) is 5.87. The summed E-state index contributed by atoms with van der Waals surface area (Å²) in [5.41, 5.74) is 2.74. The number of para-hydroxylation sites is 1. The lowest BCUT2D eigenvalue weighted by Gasteiger charge is -2.33. The van der Waals surface area contributed by atoms with E-state index in [2.05, 4.69) is 10.6 Å². The van der Waals surface area contributed by atoms with Crippen LogP contribution in [0.2, 0.25) is 5.02 Å². The molecule has 0 radical (unpaired) electrons. The maximum absolute atomic E-state index is 14.0. The summed E-state index contributed by atoms with van der Waals surface area (Å²) >= 11 is 7.90. The molecule has 39 heavy (non-hydrogen) atoms. The molecule has 8 nitrogen and oxygen atoms in total. The predicted molar refractivity (Wildman–Crippen MR) is 157 cm³/mol. The van der Waals surface area contributed by atoms with Crippen LogP contribution >= 0.6 is 23.4 Å². The minimum Gasteiger partial charge on any atom is -0.444 e. The second kappa shape index (κ2) is 14.2. The van der Waals surface area contributed by atoms with Crippen LogP contribution in [0.1, 0.15) is 55.5 Å². The topological polar surface area (TPSA) is 112 Å². The van der Waals surface area contributed by atoms with Crippen molar-refractivity contribution < 1.29 is 19.1 Å². The fourth-order valence-corrected chi connectivity index (χ4v) is 4.82. The summed E-state index contributed by atoms with van der Waals surface area (Å²) < 4.78 is 5.38. The van der Waals surface area contributed by atoms with E-state index in [-0.39, 0.29) is 13.0 Å². The van der Waals surface area contributed by atoms with E-state index in [4.69, 9.17) is 16.3 Å². The monoisotopic (exact) mass is 572 g/mol. The third-order valence-corrected chi connectivity index (χ3v) is 6.83. The molecule has 10 heteroatoms. The Labute approximate surface area is 240 Å². The van der Waals surface area contributed by atoms with Crippen molar-refractivity contribution in [2.45, 2.75) is 65.6 Å². The first-order chi connectivity index (χ1) is 18.3. The molecule has 2 unspecified atom stereocenters. The Bertz CT molecular complexity index is 1220. The Morgan fingerprint density at radius 1 is 1.13 bits per heavy atom. The van der Waals surface area contributed by atoms with Crippen LogP contribution in [0.3, 0.4) is 0 Å². The molecule has 0 spiro atoms. The van der Waals surface area contributed by atoms with Crippen molar-refractivity contribution in [3.63, 3.8) is 0 Å². The highest BCUT2D eigenvalue weighted by Crippen LogP contribution is 2.31. The van der Waals surface area contributed by atoms with Crippen molar-refractivity contribution >= 4 is 47.0 Å². The van der Waals surface area contributed by atoms with Gasteiger partial charge in [0.05, 0.1) is 16.8 Å². The second-order valence-electron chi connectivity index (χ2n) is 10.3. The van der Waals surface area contributed by atoms with Crippen molar-refractivity contribution in [1.82, 2.24) is 10.2 Å². The fourth-order valence-electron chi connectivity index (χ4n) is 4.08. The van der Waals surface area contributed by atoms with Gasteiger partial charge in [0.2, 0.25) is 5.91 Å². The average molecular weight is 573 g/mol. The van der Waals surface area contributed by atoms with Gasteiger partial charge in [-0.2, -0.15) is 17.0 Å². The molecule has 0 aliphatic rings. The minimum atomic E-state index is -1.16. The molecule has 0 aromatic heterocycles. The lowest BCUT2D eigenvalue weighted by Crippen LogP contribution is -2.52. The second-order valence-corrected chi connectivity index (χ2v) is 11.7. The largest absolute Gasteiger partial charge is 0.444 e. The van der Waals surface area contributed by atoms with Gasteiger partial charge >= 0.3 is 6.09 Å². The highest BCUT2D eigenvalue weighted by Gasteiger charge is 2.37. The van der Waals surface area contributed by atoms with Gasteiger partial charge in [0.15, 0.2) is 0 Å². The van der Waals surface area contributed by atoms with Crippen molar-refractivity contribution in [3.05, 3.63) is 63.7 Å². The molecule has 0 saturated carbocycles. The van der Waals surface area contributed by atoms with Gasteiger partial charge in [-0.1, -0.05) is 47.5 Å². The zero-order valence-corrected chi connectivity index (χ0v) is 25.1. The number of alkyl carbamates (subject to hydrolysis) is 1. The number of nitriles is 1. The van der Waals surface area contributed by atoms with E-state index in [9.17, 15) is 19.6 Å². The number of amides is 3. The number of thioether (sulfide) groups is 1. The number of rotatable bonds is 10. The quantitative estimate of drug-likeness (QED) is 0.341. The smallest absolute Gasteiger partial charge is 0.408 e. The summed E-state index contributed by atoms with van der Waals surface area (Å²) in [5, 5.41) is 15.6. The number of benzene rings is 2. The number of halogens is 1. The summed E-state index contributed by atoms with van der Waals surface area (Å²) in [4.78, 5) is 41.8. The molecule has 2 atom stereocenters. The summed E-state index contributed by atoms with van der Waals surface area (Å²) in [6.45, 7) is 10.4. The van der Waals surface area contributed by atoms with Gasteiger partial charge in [0.25, 0.3) is 5.91 Å². The Balaban J connectivity index is 2.58. The zero-order valence-electron chi connectivity index (χ0n) is 23.6. The van der Waals surface area contributed by atoms with Crippen LogP contribution in [-0.2, 0) is 14.3 Å². The fraction of sp³-hybridized carbons (Fsp3) is 0.448. The number of hydrogen-bond acceptors (Lipinski definition) is 6. The molecule has 210 valence electrons.